The zero-order chi connectivity index (χ0) is 21.0. The van der Waals surface area contributed by atoms with Crippen molar-refractivity contribution in [1.82, 2.24) is 10.9 Å². The summed E-state index contributed by atoms with van der Waals surface area (Å²) in [5.74, 6) is -0.217. The van der Waals surface area contributed by atoms with Crippen molar-refractivity contribution in [3.05, 3.63) is 59.7 Å². The van der Waals surface area contributed by atoms with Gasteiger partial charge in [-0.2, -0.15) is 0 Å². The highest BCUT2D eigenvalue weighted by Gasteiger charge is 2.15. The second kappa shape index (κ2) is 8.66. The lowest BCUT2D eigenvalue weighted by molar-refractivity contribution is 0.0941. The van der Waals surface area contributed by atoms with Crippen LogP contribution in [0, 0.1) is 0 Å². The highest BCUT2D eigenvalue weighted by Crippen LogP contribution is 2.31. The Morgan fingerprint density at radius 1 is 1.03 bits per heavy atom. The average molecular weight is 411 g/mol. The minimum Gasteiger partial charge on any atom is -0.508 e. The van der Waals surface area contributed by atoms with Gasteiger partial charge in [0.2, 0.25) is 0 Å². The van der Waals surface area contributed by atoms with E-state index in [1.54, 1.807) is 7.11 Å². The number of carbonyl (C=O) groups excluding carboxylic acids is 1. The first-order valence-corrected chi connectivity index (χ1v) is 9.33. The predicted octanol–water partition coefficient (Wildman–Crippen LogP) is 3.45. The highest BCUT2D eigenvalue weighted by molar-refractivity contribution is 7.80. The molecule has 0 aliphatic rings. The molecule has 7 nitrogen and oxygen atoms in total. The molecule has 0 unspecified atom stereocenters. The molecule has 0 atom stereocenters. The summed E-state index contributed by atoms with van der Waals surface area (Å²) in [6.45, 7) is 1.84. The van der Waals surface area contributed by atoms with E-state index >= 15 is 0 Å². The largest absolute Gasteiger partial charge is 0.508 e. The molecular weight excluding hydrogens is 390 g/mol. The molecule has 5 N–H and O–H groups in total. The van der Waals surface area contributed by atoms with Gasteiger partial charge < -0.3 is 20.3 Å². The number of fused-ring (bicyclic) bond motifs is 1. The molecule has 0 bridgehead atoms. The average Bonchev–Trinajstić information content (AvgIpc) is 2.72. The van der Waals surface area contributed by atoms with Crippen molar-refractivity contribution in [1.29, 1.82) is 0 Å². The van der Waals surface area contributed by atoms with E-state index in [9.17, 15) is 15.0 Å². The molecule has 3 rings (SSSR count). The van der Waals surface area contributed by atoms with Crippen LogP contribution in [0.2, 0.25) is 0 Å². The monoisotopic (exact) mass is 411 g/mol. The molecule has 29 heavy (non-hydrogen) atoms. The predicted molar refractivity (Wildman–Crippen MR) is 116 cm³/mol. The molecule has 0 spiro atoms. The molecule has 0 heterocycles. The van der Waals surface area contributed by atoms with E-state index in [2.05, 4.69) is 16.2 Å². The van der Waals surface area contributed by atoms with Gasteiger partial charge in [-0.15, -0.1) is 0 Å². The summed E-state index contributed by atoms with van der Waals surface area (Å²) in [6, 6.07) is 13.9. The van der Waals surface area contributed by atoms with Gasteiger partial charge in [-0.25, -0.2) is 0 Å². The number of carbonyl (C=O) groups is 1. The third-order valence-electron chi connectivity index (χ3n) is 4.46. The Bertz CT molecular complexity index is 1080. The van der Waals surface area contributed by atoms with Crippen LogP contribution in [0.3, 0.4) is 0 Å². The second-order valence-electron chi connectivity index (χ2n) is 6.25. The van der Waals surface area contributed by atoms with Crippen LogP contribution in [0.1, 0.15) is 22.8 Å². The van der Waals surface area contributed by atoms with E-state index in [-0.39, 0.29) is 22.2 Å². The topological polar surface area (TPSA) is 103 Å². The number of hydrogen-bond donors (Lipinski definition) is 5. The van der Waals surface area contributed by atoms with Crippen LogP contribution in [0.15, 0.2) is 48.5 Å². The number of nitrogens with one attached hydrogen (secondary N) is 3. The zero-order valence-corrected chi connectivity index (χ0v) is 16.8. The number of benzene rings is 3. The molecular formula is C21H21N3O4S. The fourth-order valence-electron chi connectivity index (χ4n) is 2.98. The molecule has 0 aliphatic heterocycles. The molecule has 0 aliphatic carbocycles. The van der Waals surface area contributed by atoms with Crippen LogP contribution >= 0.6 is 12.2 Å². The van der Waals surface area contributed by atoms with Gasteiger partial charge in [0.1, 0.15) is 17.2 Å². The number of phenolic OH excluding ortho intramolecular Hbond substituents is 2. The van der Waals surface area contributed by atoms with E-state index in [0.717, 1.165) is 28.3 Å². The van der Waals surface area contributed by atoms with E-state index in [4.69, 9.17) is 17.0 Å². The summed E-state index contributed by atoms with van der Waals surface area (Å²) in [4.78, 5) is 12.4. The molecule has 3 aromatic carbocycles. The Balaban J connectivity index is 1.71. The summed E-state index contributed by atoms with van der Waals surface area (Å²) in [5.41, 5.74) is 6.39. The SMILES string of the molecule is CCc1cc(C(=O)NNC(=S)Nc2ccc(OC)c3ccccc23)c(O)cc1O. The number of anilines is 1. The molecule has 0 fully saturated rings. The Morgan fingerprint density at radius 2 is 1.76 bits per heavy atom. The van der Waals surface area contributed by atoms with Crippen molar-refractivity contribution in [2.45, 2.75) is 13.3 Å². The molecule has 0 saturated heterocycles. The van der Waals surface area contributed by atoms with Crippen molar-refractivity contribution in [2.75, 3.05) is 12.4 Å². The van der Waals surface area contributed by atoms with Gasteiger partial charge in [0.25, 0.3) is 5.91 Å². The Kier molecular flexibility index (Phi) is 6.04. The maximum Gasteiger partial charge on any atom is 0.273 e. The molecule has 3 aromatic rings. The van der Waals surface area contributed by atoms with Gasteiger partial charge in [-0.1, -0.05) is 31.2 Å². The number of amides is 1. The van der Waals surface area contributed by atoms with Crippen LogP contribution < -0.4 is 20.9 Å². The van der Waals surface area contributed by atoms with Gasteiger partial charge in [0.15, 0.2) is 5.11 Å². The number of thiocarbonyl (C=S) groups is 1. The van der Waals surface area contributed by atoms with Crippen LogP contribution in [0.25, 0.3) is 10.8 Å². The first-order valence-electron chi connectivity index (χ1n) is 8.92. The summed E-state index contributed by atoms with van der Waals surface area (Å²) in [5, 5.41) is 24.7. The summed E-state index contributed by atoms with van der Waals surface area (Å²) >= 11 is 5.26. The standard InChI is InChI=1S/C21H21N3O4S/c1-3-12-10-15(18(26)11-17(12)25)20(27)23-24-21(29)22-16-8-9-19(28-2)14-7-5-4-6-13(14)16/h4-11,25-26H,3H2,1-2H3,(H,23,27)(H2,22,24,29). The minimum absolute atomic E-state index is 0.0323. The number of aromatic hydroxyl groups is 2. The Hall–Kier alpha value is -3.52. The summed E-state index contributed by atoms with van der Waals surface area (Å²) in [7, 11) is 1.61. The minimum atomic E-state index is -0.582. The van der Waals surface area contributed by atoms with Crippen LogP contribution in [-0.2, 0) is 6.42 Å². The Labute approximate surface area is 173 Å². The van der Waals surface area contributed by atoms with Crippen LogP contribution in [-0.4, -0.2) is 28.3 Å². The number of hydrogen-bond acceptors (Lipinski definition) is 5. The Morgan fingerprint density at radius 3 is 2.45 bits per heavy atom. The fourth-order valence-corrected chi connectivity index (χ4v) is 3.14. The number of methoxy groups -OCH3 is 1. The van der Waals surface area contributed by atoms with Crippen molar-refractivity contribution >= 4 is 39.7 Å². The normalized spacial score (nSPS) is 10.4. The maximum absolute atomic E-state index is 12.4. The van der Waals surface area contributed by atoms with Crippen molar-refractivity contribution < 1.29 is 19.7 Å². The zero-order valence-electron chi connectivity index (χ0n) is 15.9. The fraction of sp³-hybridized carbons (Fsp3) is 0.143. The lowest BCUT2D eigenvalue weighted by Gasteiger charge is -2.15. The third kappa shape index (κ3) is 4.33. The molecule has 0 aromatic heterocycles. The van der Waals surface area contributed by atoms with E-state index < -0.39 is 5.91 Å². The quantitative estimate of drug-likeness (QED) is 0.331. The second-order valence-corrected chi connectivity index (χ2v) is 6.65. The van der Waals surface area contributed by atoms with Crippen molar-refractivity contribution in [3.8, 4) is 17.2 Å². The van der Waals surface area contributed by atoms with Gasteiger partial charge >= 0.3 is 0 Å². The maximum atomic E-state index is 12.4. The first-order chi connectivity index (χ1) is 13.9. The van der Waals surface area contributed by atoms with Gasteiger partial charge in [-0.05, 0) is 42.4 Å². The number of rotatable bonds is 4. The molecule has 150 valence electrons. The lowest BCUT2D eigenvalue weighted by atomic mass is 10.1. The summed E-state index contributed by atoms with van der Waals surface area (Å²) in [6.07, 6.45) is 0.518. The molecule has 1 amide bonds. The van der Waals surface area contributed by atoms with E-state index in [1.807, 2.05) is 43.3 Å². The first kappa shape index (κ1) is 20.2. The number of ether oxygens (including phenoxy) is 1. The van der Waals surface area contributed by atoms with Crippen LogP contribution in [0.5, 0.6) is 17.2 Å². The van der Waals surface area contributed by atoms with Crippen LogP contribution in [0.4, 0.5) is 5.69 Å². The van der Waals surface area contributed by atoms with E-state index in [1.165, 1.54) is 6.07 Å². The highest BCUT2D eigenvalue weighted by atomic mass is 32.1. The summed E-state index contributed by atoms with van der Waals surface area (Å²) < 4.78 is 5.38. The van der Waals surface area contributed by atoms with Crippen molar-refractivity contribution in [2.24, 2.45) is 0 Å². The smallest absolute Gasteiger partial charge is 0.273 e. The number of phenols is 2. The van der Waals surface area contributed by atoms with Gasteiger partial charge in [0, 0.05) is 22.5 Å². The van der Waals surface area contributed by atoms with Crippen molar-refractivity contribution in [3.63, 3.8) is 0 Å². The number of hydrazine groups is 1. The molecule has 0 radical (unpaired) electrons. The van der Waals surface area contributed by atoms with E-state index in [0.29, 0.717) is 12.0 Å². The van der Waals surface area contributed by atoms with Gasteiger partial charge in [-0.3, -0.25) is 15.6 Å². The van der Waals surface area contributed by atoms with Gasteiger partial charge in [0.05, 0.1) is 12.7 Å². The molecule has 8 heteroatoms. The third-order valence-corrected chi connectivity index (χ3v) is 4.67. The number of aryl methyl sites for hydroxylation is 1. The molecule has 0 saturated carbocycles. The lowest BCUT2D eigenvalue weighted by Crippen LogP contribution is -2.43.